The first-order valence-electron chi connectivity index (χ1n) is 6.58. The van der Waals surface area contributed by atoms with Gasteiger partial charge in [-0.1, -0.05) is 18.7 Å². The summed E-state index contributed by atoms with van der Waals surface area (Å²) in [6.45, 7) is 4.03. The maximum atomic E-state index is 10.7. The number of hydrogen-bond donors (Lipinski definition) is 1. The van der Waals surface area contributed by atoms with Crippen molar-refractivity contribution < 1.29 is 9.90 Å². The van der Waals surface area contributed by atoms with Crippen LogP contribution >= 0.6 is 11.8 Å². The van der Waals surface area contributed by atoms with Gasteiger partial charge in [0.15, 0.2) is 5.16 Å². The van der Waals surface area contributed by atoms with Crippen LogP contribution in [0.4, 0.5) is 0 Å². The lowest BCUT2D eigenvalue weighted by Crippen LogP contribution is -2.30. The molecular weight excluding hydrogens is 264 g/mol. The van der Waals surface area contributed by atoms with E-state index in [2.05, 4.69) is 26.7 Å². The summed E-state index contributed by atoms with van der Waals surface area (Å²) in [7, 11) is 2.14. The maximum Gasteiger partial charge on any atom is 0.313 e. The predicted molar refractivity (Wildman–Crippen MR) is 73.4 cm³/mol. The summed E-state index contributed by atoms with van der Waals surface area (Å²) in [5.74, 6) is 0.145. The average molecular weight is 284 g/mol. The minimum Gasteiger partial charge on any atom is -0.481 e. The number of carboxylic acid groups (broad SMARTS) is 1. The highest BCUT2D eigenvalue weighted by Gasteiger charge is 2.24. The molecule has 1 aromatic heterocycles. The van der Waals surface area contributed by atoms with Gasteiger partial charge in [0.05, 0.1) is 5.75 Å². The largest absolute Gasteiger partial charge is 0.481 e. The monoisotopic (exact) mass is 284 g/mol. The van der Waals surface area contributed by atoms with Crippen molar-refractivity contribution >= 4 is 17.7 Å². The molecule has 0 aromatic carbocycles. The fourth-order valence-corrected chi connectivity index (χ4v) is 3.10. The number of aryl methyl sites for hydroxylation is 1. The van der Waals surface area contributed by atoms with Gasteiger partial charge in [-0.15, -0.1) is 10.2 Å². The Morgan fingerprint density at radius 3 is 2.89 bits per heavy atom. The molecule has 2 rings (SSSR count). The molecule has 1 fully saturated rings. The van der Waals surface area contributed by atoms with Crippen LogP contribution in [0.1, 0.15) is 25.6 Å². The van der Waals surface area contributed by atoms with Crippen molar-refractivity contribution in [2.45, 2.75) is 43.9 Å². The molecule has 1 N–H and O–H groups in total. The summed E-state index contributed by atoms with van der Waals surface area (Å²) in [5, 5.41) is 17.8. The topological polar surface area (TPSA) is 71.2 Å². The molecule has 2 heterocycles. The fraction of sp³-hybridized carbons (Fsp3) is 0.750. The maximum absolute atomic E-state index is 10.7. The van der Waals surface area contributed by atoms with Crippen molar-refractivity contribution in [2.24, 2.45) is 0 Å². The first-order chi connectivity index (χ1) is 9.11. The van der Waals surface area contributed by atoms with Crippen molar-refractivity contribution in [3.05, 3.63) is 5.82 Å². The van der Waals surface area contributed by atoms with Gasteiger partial charge in [-0.05, 0) is 26.4 Å². The smallest absolute Gasteiger partial charge is 0.313 e. The number of carbonyl (C=O) groups is 1. The standard InChI is InChI=1S/C12H20N4O2S/c1-3-10-13-14-12(19-8-11(17)18)16(10)7-9-5-4-6-15(9)2/h9H,3-8H2,1-2H3,(H,17,18). The molecule has 0 aliphatic carbocycles. The van der Waals surface area contributed by atoms with Crippen molar-refractivity contribution in [3.8, 4) is 0 Å². The van der Waals surface area contributed by atoms with Crippen molar-refractivity contribution in [1.29, 1.82) is 0 Å². The summed E-state index contributed by atoms with van der Waals surface area (Å²) in [6.07, 6.45) is 3.22. The zero-order valence-corrected chi connectivity index (χ0v) is 12.2. The second kappa shape index (κ2) is 6.38. The summed E-state index contributed by atoms with van der Waals surface area (Å²) < 4.78 is 2.08. The third-order valence-corrected chi connectivity index (χ3v) is 4.45. The highest BCUT2D eigenvalue weighted by Crippen LogP contribution is 2.22. The van der Waals surface area contributed by atoms with E-state index in [1.54, 1.807) is 0 Å². The van der Waals surface area contributed by atoms with E-state index in [-0.39, 0.29) is 5.75 Å². The molecule has 1 aliphatic heterocycles. The Balaban J connectivity index is 2.11. The predicted octanol–water partition coefficient (Wildman–Crippen LogP) is 1.11. The summed E-state index contributed by atoms with van der Waals surface area (Å²) >= 11 is 1.25. The van der Waals surface area contributed by atoms with Gasteiger partial charge in [0.25, 0.3) is 0 Å². The number of thioether (sulfide) groups is 1. The Kier molecular flexibility index (Phi) is 4.81. The van der Waals surface area contributed by atoms with Gasteiger partial charge in [0.2, 0.25) is 0 Å². The third-order valence-electron chi connectivity index (χ3n) is 3.50. The molecule has 0 saturated carbocycles. The minimum absolute atomic E-state index is 0.0301. The summed E-state index contributed by atoms with van der Waals surface area (Å²) in [5.41, 5.74) is 0. The number of hydrogen-bond acceptors (Lipinski definition) is 5. The highest BCUT2D eigenvalue weighted by molar-refractivity contribution is 7.99. The Morgan fingerprint density at radius 2 is 2.32 bits per heavy atom. The van der Waals surface area contributed by atoms with Crippen LogP contribution in [0.2, 0.25) is 0 Å². The molecule has 1 atom stereocenters. The Morgan fingerprint density at radius 1 is 1.53 bits per heavy atom. The normalized spacial score (nSPS) is 20.0. The van der Waals surface area contributed by atoms with Gasteiger partial charge in [-0.3, -0.25) is 4.79 Å². The fourth-order valence-electron chi connectivity index (χ4n) is 2.42. The number of likely N-dealkylation sites (tertiary alicyclic amines) is 1. The number of rotatable bonds is 6. The molecular formula is C12H20N4O2S. The molecule has 7 heteroatoms. The van der Waals surface area contributed by atoms with Crippen LogP contribution in [0.15, 0.2) is 5.16 Å². The lowest BCUT2D eigenvalue weighted by molar-refractivity contribution is -0.133. The summed E-state index contributed by atoms with van der Waals surface area (Å²) in [6, 6.07) is 0.505. The third kappa shape index (κ3) is 3.48. The number of carboxylic acids is 1. The Labute approximate surface area is 117 Å². The zero-order chi connectivity index (χ0) is 13.8. The SMILES string of the molecule is CCc1nnc(SCC(=O)O)n1CC1CCCN1C. The molecule has 1 unspecified atom stereocenters. The number of aliphatic carboxylic acids is 1. The minimum atomic E-state index is -0.824. The van der Waals surface area contributed by atoms with Crippen LogP contribution in [0.25, 0.3) is 0 Å². The van der Waals surface area contributed by atoms with Gasteiger partial charge in [0, 0.05) is 19.0 Å². The molecule has 19 heavy (non-hydrogen) atoms. The number of aromatic nitrogens is 3. The Bertz CT molecular complexity index is 449. The molecule has 0 bridgehead atoms. The van der Waals surface area contributed by atoms with Crippen molar-refractivity contribution in [1.82, 2.24) is 19.7 Å². The lowest BCUT2D eigenvalue weighted by atomic mass is 10.2. The van der Waals surface area contributed by atoms with Gasteiger partial charge in [-0.25, -0.2) is 0 Å². The van der Waals surface area contributed by atoms with Crippen LogP contribution in [-0.4, -0.2) is 56.1 Å². The van der Waals surface area contributed by atoms with Crippen LogP contribution in [0, 0.1) is 0 Å². The van der Waals surface area contributed by atoms with Gasteiger partial charge >= 0.3 is 5.97 Å². The van der Waals surface area contributed by atoms with E-state index in [1.165, 1.54) is 24.6 Å². The van der Waals surface area contributed by atoms with E-state index < -0.39 is 5.97 Å². The highest BCUT2D eigenvalue weighted by atomic mass is 32.2. The van der Waals surface area contributed by atoms with E-state index in [0.29, 0.717) is 6.04 Å². The summed E-state index contributed by atoms with van der Waals surface area (Å²) in [4.78, 5) is 13.0. The first kappa shape index (κ1) is 14.3. The van der Waals surface area contributed by atoms with Gasteiger partial charge in [-0.2, -0.15) is 0 Å². The molecule has 1 aromatic rings. The van der Waals surface area contributed by atoms with Crippen LogP contribution in [0.5, 0.6) is 0 Å². The van der Waals surface area contributed by atoms with E-state index in [9.17, 15) is 4.79 Å². The van der Waals surface area contributed by atoms with Crippen LogP contribution in [0.3, 0.4) is 0 Å². The number of nitrogens with zero attached hydrogens (tertiary/aromatic N) is 4. The van der Waals surface area contributed by atoms with Gasteiger partial charge < -0.3 is 14.6 Å². The molecule has 0 radical (unpaired) electrons. The zero-order valence-electron chi connectivity index (χ0n) is 11.4. The second-order valence-corrected chi connectivity index (χ2v) is 5.76. The molecule has 6 nitrogen and oxygen atoms in total. The Hall–Kier alpha value is -1.08. The molecule has 106 valence electrons. The van der Waals surface area contributed by atoms with Crippen LogP contribution in [-0.2, 0) is 17.8 Å². The second-order valence-electron chi connectivity index (χ2n) is 4.82. The average Bonchev–Trinajstić information content (AvgIpc) is 2.95. The quantitative estimate of drug-likeness (QED) is 0.789. The lowest BCUT2D eigenvalue weighted by Gasteiger charge is -2.21. The van der Waals surface area contributed by atoms with Crippen molar-refractivity contribution in [3.63, 3.8) is 0 Å². The first-order valence-corrected chi connectivity index (χ1v) is 7.57. The molecule has 0 amide bonds. The van der Waals surface area contributed by atoms with E-state index in [1.807, 2.05) is 6.92 Å². The van der Waals surface area contributed by atoms with Gasteiger partial charge in [0.1, 0.15) is 5.82 Å². The van der Waals surface area contributed by atoms with E-state index >= 15 is 0 Å². The number of likely N-dealkylation sites (N-methyl/N-ethyl adjacent to an activating group) is 1. The van der Waals surface area contributed by atoms with E-state index in [4.69, 9.17) is 5.11 Å². The van der Waals surface area contributed by atoms with E-state index in [0.717, 1.165) is 30.5 Å². The van der Waals surface area contributed by atoms with Crippen LogP contribution < -0.4 is 0 Å². The molecule has 1 aliphatic rings. The molecule has 1 saturated heterocycles. The molecule has 0 spiro atoms. The van der Waals surface area contributed by atoms with Crippen molar-refractivity contribution in [2.75, 3.05) is 19.3 Å².